The number of ether oxygens (including phenoxy) is 1. The molecule has 2 nitrogen and oxygen atoms in total. The van der Waals surface area contributed by atoms with Crippen LogP contribution < -0.4 is 9.16 Å². The van der Waals surface area contributed by atoms with Crippen molar-refractivity contribution in [3.05, 3.63) is 70.9 Å². The van der Waals surface area contributed by atoms with Gasteiger partial charge in [0.05, 0.1) is 11.3 Å². The number of hydrogen-bond donors (Lipinski definition) is 0. The maximum Gasteiger partial charge on any atom is 0.419 e. The van der Waals surface area contributed by atoms with Crippen molar-refractivity contribution < 1.29 is 17.9 Å². The minimum absolute atomic E-state index is 0.261. The summed E-state index contributed by atoms with van der Waals surface area (Å²) in [6.07, 6.45) is -2.20. The highest BCUT2D eigenvalue weighted by molar-refractivity contribution is 6.33. The lowest BCUT2D eigenvalue weighted by Gasteiger charge is -2.28. The number of hydrogen-bond acceptors (Lipinski definition) is 2. The number of fused-ring (bicyclic) bond motifs is 1. The van der Waals surface area contributed by atoms with E-state index in [-0.39, 0.29) is 5.75 Å². The lowest BCUT2D eigenvalue weighted by atomic mass is 10.0. The van der Waals surface area contributed by atoms with Gasteiger partial charge in [0.15, 0.2) is 0 Å². The van der Waals surface area contributed by atoms with Crippen molar-refractivity contribution >= 4 is 29.1 Å². The highest BCUT2D eigenvalue weighted by Gasteiger charge is 2.35. The van der Waals surface area contributed by atoms with Crippen LogP contribution in [0.2, 0.25) is 5.02 Å². The molecule has 0 fully saturated rings. The normalized spacial score (nSPS) is 17.1. The quantitative estimate of drug-likeness (QED) is 0.612. The van der Waals surface area contributed by atoms with Crippen LogP contribution in [0.5, 0.6) is 5.75 Å². The molecule has 1 aliphatic heterocycles. The monoisotopic (exact) mass is 359 g/mol. The van der Waals surface area contributed by atoms with Crippen LogP contribution in [0.3, 0.4) is 0 Å². The largest absolute Gasteiger partial charge is 0.481 e. The molecule has 0 spiro atoms. The van der Waals surface area contributed by atoms with Gasteiger partial charge in [0.25, 0.3) is 0 Å². The van der Waals surface area contributed by atoms with Crippen LogP contribution in [-0.2, 0) is 6.18 Å². The van der Waals surface area contributed by atoms with Gasteiger partial charge < -0.3 is 4.74 Å². The molecule has 1 aliphatic rings. The maximum absolute atomic E-state index is 13.1. The highest BCUT2D eigenvalue weighted by atomic mass is 35.5. The predicted molar refractivity (Wildman–Crippen MR) is 83.7 cm³/mol. The molecule has 3 rings (SSSR count). The summed E-state index contributed by atoms with van der Waals surface area (Å²) in [5.41, 5.74) is 0.245. The fourth-order valence-corrected chi connectivity index (χ4v) is 2.85. The molecular formula is C16H10Cl2F3NO. The molecule has 0 bridgehead atoms. The molecule has 0 N–H and O–H groups in total. The third-order valence-electron chi connectivity index (χ3n) is 3.38. The van der Waals surface area contributed by atoms with Crippen LogP contribution in [0, 0.1) is 0 Å². The summed E-state index contributed by atoms with van der Waals surface area (Å²) in [6, 6.07) is 10.1. The Kier molecular flexibility index (Phi) is 4.17. The fraction of sp³-hybridized carbons (Fsp3) is 0.125. The van der Waals surface area contributed by atoms with Crippen LogP contribution in [0.25, 0.3) is 0 Å². The van der Waals surface area contributed by atoms with Gasteiger partial charge in [-0.15, -0.1) is 0 Å². The molecule has 1 unspecified atom stereocenters. The molecular weight excluding hydrogens is 350 g/mol. The van der Waals surface area contributed by atoms with Gasteiger partial charge >= 0.3 is 6.18 Å². The second-order valence-corrected chi connectivity index (χ2v) is 5.63. The summed E-state index contributed by atoms with van der Waals surface area (Å²) in [4.78, 5) is 0. The summed E-state index contributed by atoms with van der Waals surface area (Å²) in [5.74, 6) is -0.261. The zero-order valence-electron chi connectivity index (χ0n) is 11.5. The summed E-state index contributed by atoms with van der Waals surface area (Å²) < 4.78 is 46.2. The van der Waals surface area contributed by atoms with Crippen LogP contribution in [0.15, 0.2) is 54.7 Å². The zero-order chi connectivity index (χ0) is 16.6. The molecule has 0 saturated heterocycles. The third-order valence-corrected chi connectivity index (χ3v) is 4.01. The SMILES string of the molecule is FC(F)(F)c1ccccc1OC1C=CN(Cl)c2cccc(Cl)c21. The van der Waals surface area contributed by atoms with E-state index < -0.39 is 17.8 Å². The first-order valence-corrected chi connectivity index (χ1v) is 7.34. The van der Waals surface area contributed by atoms with Crippen molar-refractivity contribution in [1.82, 2.24) is 0 Å². The van der Waals surface area contributed by atoms with Gasteiger partial charge in [-0.05, 0) is 30.3 Å². The summed E-state index contributed by atoms with van der Waals surface area (Å²) in [7, 11) is 0. The Hall–Kier alpha value is -1.85. The number of halogens is 5. The van der Waals surface area contributed by atoms with Gasteiger partial charge in [-0.2, -0.15) is 13.2 Å². The van der Waals surface area contributed by atoms with Crippen molar-refractivity contribution in [1.29, 1.82) is 0 Å². The Bertz CT molecular complexity index is 761. The zero-order valence-corrected chi connectivity index (χ0v) is 13.0. The van der Waals surface area contributed by atoms with E-state index in [9.17, 15) is 13.2 Å². The topological polar surface area (TPSA) is 12.5 Å². The molecule has 1 atom stereocenters. The molecule has 0 aliphatic carbocycles. The number of rotatable bonds is 2. The Morgan fingerprint density at radius 2 is 1.78 bits per heavy atom. The smallest absolute Gasteiger partial charge is 0.419 e. The first kappa shape index (κ1) is 16.0. The molecule has 0 radical (unpaired) electrons. The van der Waals surface area contributed by atoms with Gasteiger partial charge in [-0.3, -0.25) is 4.42 Å². The molecule has 1 heterocycles. The minimum atomic E-state index is -4.50. The van der Waals surface area contributed by atoms with Gasteiger partial charge in [0, 0.05) is 28.6 Å². The van der Waals surface area contributed by atoms with Gasteiger partial charge in [-0.1, -0.05) is 29.8 Å². The highest BCUT2D eigenvalue weighted by Crippen LogP contribution is 2.43. The van der Waals surface area contributed by atoms with Crippen LogP contribution in [-0.4, -0.2) is 0 Å². The number of para-hydroxylation sites is 1. The minimum Gasteiger partial charge on any atom is -0.481 e. The van der Waals surface area contributed by atoms with Gasteiger partial charge in [0.1, 0.15) is 11.9 Å². The van der Waals surface area contributed by atoms with Gasteiger partial charge in [-0.25, -0.2) is 0 Å². The van der Waals surface area contributed by atoms with E-state index in [1.54, 1.807) is 24.3 Å². The van der Waals surface area contributed by atoms with E-state index in [0.717, 1.165) is 6.07 Å². The lowest BCUT2D eigenvalue weighted by Crippen LogP contribution is -2.18. The van der Waals surface area contributed by atoms with E-state index in [2.05, 4.69) is 0 Å². The average Bonchev–Trinajstić information content (AvgIpc) is 2.50. The second-order valence-electron chi connectivity index (χ2n) is 4.86. The lowest BCUT2D eigenvalue weighted by molar-refractivity contribution is -0.139. The first-order valence-electron chi connectivity index (χ1n) is 6.62. The molecule has 120 valence electrons. The van der Waals surface area contributed by atoms with Crippen LogP contribution in [0.4, 0.5) is 18.9 Å². The number of nitrogens with zero attached hydrogens (tertiary/aromatic N) is 1. The molecule has 7 heteroatoms. The first-order chi connectivity index (χ1) is 10.9. The van der Waals surface area contributed by atoms with Crippen LogP contribution in [0.1, 0.15) is 17.2 Å². The number of anilines is 1. The van der Waals surface area contributed by atoms with E-state index in [1.807, 2.05) is 0 Å². The Labute approximate surface area is 140 Å². The summed E-state index contributed by atoms with van der Waals surface area (Å²) in [6.45, 7) is 0. The van der Waals surface area contributed by atoms with E-state index in [0.29, 0.717) is 16.3 Å². The molecule has 0 aromatic heterocycles. The van der Waals surface area contributed by atoms with E-state index >= 15 is 0 Å². The van der Waals surface area contributed by atoms with Crippen molar-refractivity contribution in [3.63, 3.8) is 0 Å². The predicted octanol–water partition coefficient (Wildman–Crippen LogP) is 5.97. The average molecular weight is 360 g/mol. The van der Waals surface area contributed by atoms with Gasteiger partial charge in [0.2, 0.25) is 0 Å². The van der Waals surface area contributed by atoms with Crippen molar-refractivity contribution in [2.45, 2.75) is 12.3 Å². The van der Waals surface area contributed by atoms with Crippen molar-refractivity contribution in [3.8, 4) is 5.75 Å². The molecule has 0 saturated carbocycles. The molecule has 0 amide bonds. The molecule has 2 aromatic carbocycles. The van der Waals surface area contributed by atoms with E-state index in [1.165, 1.54) is 28.8 Å². The van der Waals surface area contributed by atoms with Crippen molar-refractivity contribution in [2.24, 2.45) is 0 Å². The summed E-state index contributed by atoms with van der Waals surface area (Å²) >= 11 is 12.2. The van der Waals surface area contributed by atoms with E-state index in [4.69, 9.17) is 28.1 Å². The second kappa shape index (κ2) is 5.98. The fourth-order valence-electron chi connectivity index (χ4n) is 2.36. The number of benzene rings is 2. The molecule has 23 heavy (non-hydrogen) atoms. The standard InChI is InChI=1S/C16H10Cl2F3NO/c17-11-5-3-6-12-15(11)14(8-9-22(12)18)23-13-7-2-1-4-10(13)16(19,20)21/h1-9,14H. The summed E-state index contributed by atoms with van der Waals surface area (Å²) in [5, 5.41) is 0.368. The van der Waals surface area contributed by atoms with Crippen molar-refractivity contribution in [2.75, 3.05) is 4.42 Å². The molecule has 2 aromatic rings. The van der Waals surface area contributed by atoms with Crippen LogP contribution >= 0.6 is 23.4 Å². The Morgan fingerprint density at radius 3 is 2.52 bits per heavy atom. The Balaban J connectivity index is 2.02. The third kappa shape index (κ3) is 3.12. The number of alkyl halides is 3. The Morgan fingerprint density at radius 1 is 1.04 bits per heavy atom. The maximum atomic E-state index is 13.1.